The molecule has 0 amide bonds. The summed E-state index contributed by atoms with van der Waals surface area (Å²) in [6.45, 7) is 5.05. The maximum absolute atomic E-state index is 11.8. The molecule has 3 nitrogen and oxygen atoms in total. The molecule has 0 spiro atoms. The molecule has 0 aromatic heterocycles. The van der Waals surface area contributed by atoms with Gasteiger partial charge >= 0.3 is 0 Å². The predicted molar refractivity (Wildman–Crippen MR) is 78.1 cm³/mol. The van der Waals surface area contributed by atoms with Crippen molar-refractivity contribution in [3.63, 3.8) is 0 Å². The molecule has 0 fully saturated rings. The first-order valence-corrected chi connectivity index (χ1v) is 7.23. The highest BCUT2D eigenvalue weighted by Gasteiger charge is 2.16. The van der Waals surface area contributed by atoms with Crippen LogP contribution in [0.5, 0.6) is 11.5 Å². The normalized spacial score (nSPS) is 10.3. The summed E-state index contributed by atoms with van der Waals surface area (Å²) in [6.07, 6.45) is 1.71. The molecular formula is C14H18Cl2O3. The van der Waals surface area contributed by atoms with Crippen molar-refractivity contribution in [3.05, 3.63) is 22.7 Å². The maximum atomic E-state index is 11.8. The van der Waals surface area contributed by atoms with E-state index in [0.717, 1.165) is 12.8 Å². The van der Waals surface area contributed by atoms with Gasteiger partial charge in [0, 0.05) is 6.07 Å². The van der Waals surface area contributed by atoms with Crippen molar-refractivity contribution in [2.75, 3.05) is 19.1 Å². The lowest BCUT2D eigenvalue weighted by atomic mass is 10.1. The zero-order valence-corrected chi connectivity index (χ0v) is 12.7. The highest BCUT2D eigenvalue weighted by molar-refractivity contribution is 6.33. The van der Waals surface area contributed by atoms with Crippen LogP contribution in [0.2, 0.25) is 5.02 Å². The van der Waals surface area contributed by atoms with E-state index in [9.17, 15) is 4.79 Å². The fourth-order valence-corrected chi connectivity index (χ4v) is 1.83. The van der Waals surface area contributed by atoms with Gasteiger partial charge in [0.15, 0.2) is 5.78 Å². The van der Waals surface area contributed by atoms with Gasteiger partial charge in [0.2, 0.25) is 0 Å². The van der Waals surface area contributed by atoms with Crippen LogP contribution in [-0.4, -0.2) is 24.9 Å². The fourth-order valence-electron chi connectivity index (χ4n) is 1.48. The molecular weight excluding hydrogens is 287 g/mol. The number of benzene rings is 1. The standard InChI is InChI=1S/C14H18Cl2O3/c1-3-5-18-13-8-11(16)14(19-6-4-2)7-10(13)12(17)9-15/h7-8H,3-6,9H2,1-2H3. The van der Waals surface area contributed by atoms with Crippen molar-refractivity contribution in [1.29, 1.82) is 0 Å². The lowest BCUT2D eigenvalue weighted by Gasteiger charge is -2.13. The first-order chi connectivity index (χ1) is 9.13. The Morgan fingerprint density at radius 1 is 1.11 bits per heavy atom. The lowest BCUT2D eigenvalue weighted by Crippen LogP contribution is -2.07. The van der Waals surface area contributed by atoms with E-state index in [4.69, 9.17) is 32.7 Å². The number of carbonyl (C=O) groups excluding carboxylic acids is 1. The van der Waals surface area contributed by atoms with Crippen LogP contribution in [0.3, 0.4) is 0 Å². The second-order valence-corrected chi connectivity index (χ2v) is 4.71. The van der Waals surface area contributed by atoms with Crippen molar-refractivity contribution in [2.45, 2.75) is 26.7 Å². The molecule has 0 atom stereocenters. The highest BCUT2D eigenvalue weighted by Crippen LogP contribution is 2.33. The lowest BCUT2D eigenvalue weighted by molar-refractivity contribution is 0.101. The third-order valence-corrected chi connectivity index (χ3v) is 2.92. The Labute approximate surface area is 123 Å². The number of hydrogen-bond donors (Lipinski definition) is 0. The van der Waals surface area contributed by atoms with Crippen molar-refractivity contribution in [1.82, 2.24) is 0 Å². The van der Waals surface area contributed by atoms with Crippen LogP contribution in [-0.2, 0) is 0 Å². The Morgan fingerprint density at radius 2 is 1.68 bits per heavy atom. The molecule has 5 heteroatoms. The number of halogens is 2. The van der Waals surface area contributed by atoms with Gasteiger partial charge in [-0.25, -0.2) is 0 Å². The molecule has 0 aliphatic heterocycles. The molecule has 1 aromatic carbocycles. The number of alkyl halides is 1. The molecule has 0 aliphatic rings. The van der Waals surface area contributed by atoms with Crippen LogP contribution in [0.15, 0.2) is 12.1 Å². The second-order valence-electron chi connectivity index (χ2n) is 4.03. The molecule has 0 saturated carbocycles. The third kappa shape index (κ3) is 4.59. The molecule has 0 saturated heterocycles. The number of ketones is 1. The number of rotatable bonds is 8. The van der Waals surface area contributed by atoms with Crippen LogP contribution >= 0.6 is 23.2 Å². The number of hydrogen-bond acceptors (Lipinski definition) is 3. The van der Waals surface area contributed by atoms with Gasteiger partial charge in [-0.2, -0.15) is 0 Å². The monoisotopic (exact) mass is 304 g/mol. The quantitative estimate of drug-likeness (QED) is 0.529. The van der Waals surface area contributed by atoms with E-state index >= 15 is 0 Å². The first-order valence-electron chi connectivity index (χ1n) is 6.32. The molecule has 0 radical (unpaired) electrons. The molecule has 0 N–H and O–H groups in total. The number of carbonyl (C=O) groups is 1. The van der Waals surface area contributed by atoms with E-state index < -0.39 is 0 Å². The Bertz CT molecular complexity index is 433. The molecule has 0 unspecified atom stereocenters. The topological polar surface area (TPSA) is 35.5 Å². The van der Waals surface area contributed by atoms with Crippen LogP contribution in [0.1, 0.15) is 37.0 Å². The van der Waals surface area contributed by atoms with Gasteiger partial charge in [-0.15, -0.1) is 11.6 Å². The molecule has 0 aliphatic carbocycles. The van der Waals surface area contributed by atoms with E-state index in [-0.39, 0.29) is 11.7 Å². The molecule has 0 bridgehead atoms. The Kier molecular flexibility index (Phi) is 7.03. The summed E-state index contributed by atoms with van der Waals surface area (Å²) < 4.78 is 11.0. The first kappa shape index (κ1) is 16.1. The molecule has 1 aromatic rings. The van der Waals surface area contributed by atoms with Crippen LogP contribution in [0.4, 0.5) is 0 Å². The summed E-state index contributed by atoms with van der Waals surface area (Å²) in [5.41, 5.74) is 0.416. The maximum Gasteiger partial charge on any atom is 0.181 e. The summed E-state index contributed by atoms with van der Waals surface area (Å²) in [5.74, 6) is 0.644. The van der Waals surface area contributed by atoms with Crippen molar-refractivity contribution in [2.24, 2.45) is 0 Å². The molecule has 19 heavy (non-hydrogen) atoms. The van der Waals surface area contributed by atoms with Gasteiger partial charge < -0.3 is 9.47 Å². The van der Waals surface area contributed by atoms with E-state index in [2.05, 4.69) is 0 Å². The highest BCUT2D eigenvalue weighted by atomic mass is 35.5. The summed E-state index contributed by atoms with van der Waals surface area (Å²) in [7, 11) is 0. The van der Waals surface area contributed by atoms with Crippen molar-refractivity contribution in [3.8, 4) is 11.5 Å². The second kappa shape index (κ2) is 8.28. The van der Waals surface area contributed by atoms with Gasteiger partial charge in [-0.3, -0.25) is 4.79 Å². The fraction of sp³-hybridized carbons (Fsp3) is 0.500. The molecule has 1 rings (SSSR count). The Hall–Kier alpha value is -0.930. The summed E-state index contributed by atoms with van der Waals surface area (Å²) in [6, 6.07) is 3.22. The van der Waals surface area contributed by atoms with Gasteiger partial charge in [-0.05, 0) is 18.9 Å². The van der Waals surface area contributed by atoms with Gasteiger partial charge in [0.25, 0.3) is 0 Å². The third-order valence-electron chi connectivity index (χ3n) is 2.38. The SMILES string of the molecule is CCCOc1cc(C(=O)CCl)c(OCCC)cc1Cl. The Balaban J connectivity index is 3.08. The van der Waals surface area contributed by atoms with Gasteiger partial charge in [0.05, 0.1) is 29.7 Å². The predicted octanol–water partition coefficient (Wildman–Crippen LogP) is 4.34. The van der Waals surface area contributed by atoms with E-state index in [1.54, 1.807) is 12.1 Å². The Morgan fingerprint density at radius 3 is 2.21 bits per heavy atom. The molecule has 106 valence electrons. The summed E-state index contributed by atoms with van der Waals surface area (Å²) in [4.78, 5) is 11.8. The minimum atomic E-state index is -0.203. The molecule has 0 heterocycles. The number of Topliss-reactive ketones (excluding diaryl/α,β-unsaturated/α-hetero) is 1. The minimum absolute atomic E-state index is 0.0999. The van der Waals surface area contributed by atoms with Crippen molar-refractivity contribution < 1.29 is 14.3 Å². The van der Waals surface area contributed by atoms with Crippen molar-refractivity contribution >= 4 is 29.0 Å². The number of ether oxygens (including phenoxy) is 2. The zero-order chi connectivity index (χ0) is 14.3. The van der Waals surface area contributed by atoms with Crippen LogP contribution < -0.4 is 9.47 Å². The van der Waals surface area contributed by atoms with Gasteiger partial charge in [-0.1, -0.05) is 25.4 Å². The smallest absolute Gasteiger partial charge is 0.181 e. The summed E-state index contributed by atoms with van der Waals surface area (Å²) >= 11 is 11.7. The van der Waals surface area contributed by atoms with E-state index in [0.29, 0.717) is 35.3 Å². The zero-order valence-electron chi connectivity index (χ0n) is 11.2. The van der Waals surface area contributed by atoms with Crippen LogP contribution in [0.25, 0.3) is 0 Å². The average molecular weight is 305 g/mol. The van der Waals surface area contributed by atoms with E-state index in [1.807, 2.05) is 13.8 Å². The average Bonchev–Trinajstić information content (AvgIpc) is 2.43. The van der Waals surface area contributed by atoms with Gasteiger partial charge in [0.1, 0.15) is 11.5 Å². The summed E-state index contributed by atoms with van der Waals surface area (Å²) in [5, 5.41) is 0.436. The van der Waals surface area contributed by atoms with E-state index in [1.165, 1.54) is 0 Å². The largest absolute Gasteiger partial charge is 0.493 e. The minimum Gasteiger partial charge on any atom is -0.493 e. The van der Waals surface area contributed by atoms with Crippen LogP contribution in [0, 0.1) is 0 Å².